The molecule has 1 N–H and O–H groups in total. The zero-order valence-electron chi connectivity index (χ0n) is 11.8. The van der Waals surface area contributed by atoms with Gasteiger partial charge in [-0.15, -0.1) is 0 Å². The molecule has 19 heavy (non-hydrogen) atoms. The highest BCUT2D eigenvalue weighted by atomic mass is 19.2. The second-order valence-electron chi connectivity index (χ2n) is 5.72. The molecule has 1 nitrogen and oxygen atoms in total. The Hall–Kier alpha value is -0.960. The molecule has 1 aliphatic carbocycles. The van der Waals surface area contributed by atoms with Gasteiger partial charge in [0.15, 0.2) is 11.6 Å². The summed E-state index contributed by atoms with van der Waals surface area (Å²) in [6.45, 7) is 2.24. The van der Waals surface area contributed by atoms with Gasteiger partial charge in [0.25, 0.3) is 0 Å². The highest BCUT2D eigenvalue weighted by molar-refractivity contribution is 5.19. The third-order valence-electron chi connectivity index (χ3n) is 4.81. The summed E-state index contributed by atoms with van der Waals surface area (Å²) in [4.78, 5) is 0. The molecule has 0 aliphatic heterocycles. The molecule has 3 heteroatoms. The first kappa shape index (κ1) is 14.4. The molecule has 0 heterocycles. The second kappa shape index (κ2) is 6.00. The van der Waals surface area contributed by atoms with Gasteiger partial charge in [-0.25, -0.2) is 8.78 Å². The van der Waals surface area contributed by atoms with Crippen LogP contribution in [0.5, 0.6) is 0 Å². The van der Waals surface area contributed by atoms with Crippen molar-refractivity contribution in [1.82, 2.24) is 5.32 Å². The first-order chi connectivity index (χ1) is 9.11. The van der Waals surface area contributed by atoms with Crippen LogP contribution in [-0.4, -0.2) is 13.1 Å². The lowest BCUT2D eigenvalue weighted by Crippen LogP contribution is -2.43. The fourth-order valence-electron chi connectivity index (χ4n) is 3.55. The smallest absolute Gasteiger partial charge is 0.159 e. The Morgan fingerprint density at radius 3 is 2.42 bits per heavy atom. The van der Waals surface area contributed by atoms with Crippen molar-refractivity contribution in [3.8, 4) is 0 Å². The molecule has 1 fully saturated rings. The first-order valence-electron chi connectivity index (χ1n) is 7.22. The normalized spacial score (nSPS) is 19.6. The molecule has 1 aliphatic rings. The van der Waals surface area contributed by atoms with Crippen LogP contribution in [0.2, 0.25) is 0 Å². The molecule has 0 amide bonds. The summed E-state index contributed by atoms with van der Waals surface area (Å²) in [5.74, 6) is -1.51. The van der Waals surface area contributed by atoms with E-state index in [4.69, 9.17) is 0 Å². The number of benzene rings is 1. The van der Waals surface area contributed by atoms with Gasteiger partial charge >= 0.3 is 0 Å². The molecular weight excluding hydrogens is 244 g/mol. The first-order valence-corrected chi connectivity index (χ1v) is 7.22. The van der Waals surface area contributed by atoms with Gasteiger partial charge in [-0.3, -0.25) is 0 Å². The lowest BCUT2D eigenvalue weighted by molar-refractivity contribution is 0.192. The van der Waals surface area contributed by atoms with Crippen molar-refractivity contribution in [1.29, 1.82) is 0 Å². The average Bonchev–Trinajstić information content (AvgIpc) is 2.90. The minimum atomic E-state index is -0.768. The van der Waals surface area contributed by atoms with Crippen LogP contribution in [0.15, 0.2) is 18.2 Å². The maximum atomic E-state index is 13.3. The summed E-state index contributed by atoms with van der Waals surface area (Å²) in [6.07, 6.45) is 6.94. The number of hydrogen-bond acceptors (Lipinski definition) is 1. The van der Waals surface area contributed by atoms with Gasteiger partial charge in [-0.1, -0.05) is 25.8 Å². The van der Waals surface area contributed by atoms with Crippen LogP contribution in [0, 0.1) is 17.0 Å². The molecule has 0 radical (unpaired) electrons. The van der Waals surface area contributed by atoms with E-state index in [-0.39, 0.29) is 0 Å². The minimum Gasteiger partial charge on any atom is -0.316 e. The van der Waals surface area contributed by atoms with Crippen LogP contribution in [-0.2, 0) is 6.42 Å². The zero-order chi connectivity index (χ0) is 13.9. The van der Waals surface area contributed by atoms with Gasteiger partial charge in [0.1, 0.15) is 0 Å². The van der Waals surface area contributed by atoms with E-state index in [1.807, 2.05) is 7.05 Å². The number of halogens is 2. The molecule has 0 aromatic heterocycles. The fraction of sp³-hybridized carbons (Fsp3) is 0.625. The maximum Gasteiger partial charge on any atom is 0.159 e. The van der Waals surface area contributed by atoms with Crippen LogP contribution in [0.25, 0.3) is 0 Å². The van der Waals surface area contributed by atoms with Crippen molar-refractivity contribution in [3.05, 3.63) is 35.4 Å². The Morgan fingerprint density at radius 1 is 1.21 bits per heavy atom. The van der Waals surface area contributed by atoms with Gasteiger partial charge in [-0.2, -0.15) is 0 Å². The second-order valence-corrected chi connectivity index (χ2v) is 5.72. The van der Waals surface area contributed by atoms with E-state index in [1.165, 1.54) is 37.8 Å². The van der Waals surface area contributed by atoms with Gasteiger partial charge in [0.05, 0.1) is 0 Å². The zero-order valence-corrected chi connectivity index (χ0v) is 11.8. The molecule has 1 aromatic rings. The van der Waals surface area contributed by atoms with E-state index in [2.05, 4.69) is 12.2 Å². The Balaban J connectivity index is 2.16. The van der Waals surface area contributed by atoms with Crippen molar-refractivity contribution >= 4 is 0 Å². The maximum absolute atomic E-state index is 13.3. The molecule has 0 saturated heterocycles. The van der Waals surface area contributed by atoms with Crippen molar-refractivity contribution in [3.63, 3.8) is 0 Å². The predicted molar refractivity (Wildman–Crippen MR) is 74.1 cm³/mol. The lowest BCUT2D eigenvalue weighted by atomic mass is 9.74. The summed E-state index contributed by atoms with van der Waals surface area (Å²) < 4.78 is 26.3. The number of likely N-dealkylation sites (N-methyl/N-ethyl adjacent to an activating group) is 1. The van der Waals surface area contributed by atoms with E-state index in [0.29, 0.717) is 11.5 Å². The molecule has 2 rings (SSSR count). The molecule has 1 aromatic carbocycles. The molecular formula is C16H23F2N. The molecule has 0 spiro atoms. The molecule has 0 bridgehead atoms. The van der Waals surface area contributed by atoms with Crippen LogP contribution in [0.4, 0.5) is 8.78 Å². The quantitative estimate of drug-likeness (QED) is 0.848. The van der Waals surface area contributed by atoms with Crippen LogP contribution in [0.3, 0.4) is 0 Å². The third-order valence-corrected chi connectivity index (χ3v) is 4.81. The van der Waals surface area contributed by atoms with E-state index >= 15 is 0 Å². The summed E-state index contributed by atoms with van der Waals surface area (Å²) in [7, 11) is 1.97. The van der Waals surface area contributed by atoms with Gasteiger partial charge in [0.2, 0.25) is 0 Å². The Labute approximate surface area is 114 Å². The Bertz CT molecular complexity index is 425. The molecule has 1 unspecified atom stereocenters. The van der Waals surface area contributed by atoms with E-state index in [1.54, 1.807) is 6.07 Å². The predicted octanol–water partition coefficient (Wildman–Crippen LogP) is 4.07. The van der Waals surface area contributed by atoms with E-state index in [0.717, 1.165) is 18.4 Å². The standard InChI is InChI=1S/C16H23F2N/c1-3-16(8-4-5-9-16)15(19-2)11-12-6-7-13(17)14(18)10-12/h6-7,10,15,19H,3-5,8-9,11H2,1-2H3. The highest BCUT2D eigenvalue weighted by Gasteiger charge is 2.38. The third kappa shape index (κ3) is 2.97. The summed E-state index contributed by atoms with van der Waals surface area (Å²) in [6, 6.07) is 4.59. The Morgan fingerprint density at radius 2 is 1.89 bits per heavy atom. The number of nitrogens with one attached hydrogen (secondary N) is 1. The van der Waals surface area contributed by atoms with Crippen LogP contribution < -0.4 is 5.32 Å². The Kier molecular flexibility index (Phi) is 4.56. The van der Waals surface area contributed by atoms with Gasteiger partial charge in [0, 0.05) is 6.04 Å². The SMILES string of the molecule is CCC1(C(Cc2ccc(F)c(F)c2)NC)CCCC1. The minimum absolute atomic E-state index is 0.319. The van der Waals surface area contributed by atoms with E-state index < -0.39 is 11.6 Å². The fourth-order valence-corrected chi connectivity index (χ4v) is 3.55. The lowest BCUT2D eigenvalue weighted by Gasteiger charge is -2.37. The largest absolute Gasteiger partial charge is 0.316 e. The van der Waals surface area contributed by atoms with Crippen molar-refractivity contribution < 1.29 is 8.78 Å². The van der Waals surface area contributed by atoms with E-state index in [9.17, 15) is 8.78 Å². The molecule has 106 valence electrons. The molecule has 1 atom stereocenters. The number of rotatable bonds is 5. The van der Waals surface area contributed by atoms with Crippen molar-refractivity contribution in [2.75, 3.05) is 7.05 Å². The van der Waals surface area contributed by atoms with Gasteiger partial charge < -0.3 is 5.32 Å². The average molecular weight is 267 g/mol. The van der Waals surface area contributed by atoms with Gasteiger partial charge in [-0.05, 0) is 55.8 Å². The topological polar surface area (TPSA) is 12.0 Å². The van der Waals surface area contributed by atoms with Crippen LogP contribution in [0.1, 0.15) is 44.6 Å². The summed E-state index contributed by atoms with van der Waals surface area (Å²) in [5, 5.41) is 3.40. The van der Waals surface area contributed by atoms with Crippen molar-refractivity contribution in [2.24, 2.45) is 5.41 Å². The van der Waals surface area contributed by atoms with Crippen molar-refractivity contribution in [2.45, 2.75) is 51.5 Å². The van der Waals surface area contributed by atoms with Crippen LogP contribution >= 0.6 is 0 Å². The molecule has 1 saturated carbocycles. The highest BCUT2D eigenvalue weighted by Crippen LogP contribution is 2.44. The summed E-state index contributed by atoms with van der Waals surface area (Å²) in [5.41, 5.74) is 1.19. The summed E-state index contributed by atoms with van der Waals surface area (Å²) >= 11 is 0. The number of hydrogen-bond donors (Lipinski definition) is 1. The monoisotopic (exact) mass is 267 g/mol.